The topological polar surface area (TPSA) is 52.7 Å². The van der Waals surface area contributed by atoms with Crippen LogP contribution in [0.25, 0.3) is 0 Å². The molecular weight excluding hydrogens is 321 g/mol. The standard InChI is InChI=1S/C19H20FN3O2/c20-16-6-4-5-15(13-16)19(25)21-14-18(24)23-11-9-22(10-12-23)17-7-2-1-3-8-17/h1-8,13H,9-12,14H2,(H,21,25). The molecule has 0 spiro atoms. The predicted octanol–water partition coefficient (Wildman–Crippen LogP) is 1.90. The summed E-state index contributed by atoms with van der Waals surface area (Å²) in [5.41, 5.74) is 1.36. The molecule has 1 heterocycles. The van der Waals surface area contributed by atoms with Crippen LogP contribution < -0.4 is 10.2 Å². The number of hydrogen-bond donors (Lipinski definition) is 1. The fourth-order valence-electron chi connectivity index (χ4n) is 2.85. The maximum atomic E-state index is 13.1. The minimum absolute atomic E-state index is 0.0827. The number of piperazine rings is 1. The summed E-state index contributed by atoms with van der Waals surface area (Å²) in [6.45, 7) is 2.66. The zero-order chi connectivity index (χ0) is 17.6. The van der Waals surface area contributed by atoms with Crippen LogP contribution in [0.3, 0.4) is 0 Å². The van der Waals surface area contributed by atoms with Gasteiger partial charge in [0.15, 0.2) is 0 Å². The molecule has 0 atom stereocenters. The minimum Gasteiger partial charge on any atom is -0.368 e. The van der Waals surface area contributed by atoms with E-state index in [2.05, 4.69) is 22.3 Å². The van der Waals surface area contributed by atoms with Crippen LogP contribution in [0.1, 0.15) is 10.4 Å². The molecule has 25 heavy (non-hydrogen) atoms. The van der Waals surface area contributed by atoms with Gasteiger partial charge in [-0.15, -0.1) is 0 Å². The van der Waals surface area contributed by atoms with Gasteiger partial charge in [-0.3, -0.25) is 9.59 Å². The number of carbonyl (C=O) groups is 2. The molecule has 1 aliphatic rings. The SMILES string of the molecule is O=C(NCC(=O)N1CCN(c2ccccc2)CC1)c1cccc(F)c1. The summed E-state index contributed by atoms with van der Waals surface area (Å²) in [6, 6.07) is 15.5. The van der Waals surface area contributed by atoms with Crippen molar-refractivity contribution in [1.29, 1.82) is 0 Å². The van der Waals surface area contributed by atoms with Gasteiger partial charge in [0.05, 0.1) is 6.54 Å². The highest BCUT2D eigenvalue weighted by atomic mass is 19.1. The van der Waals surface area contributed by atoms with Crippen molar-refractivity contribution in [1.82, 2.24) is 10.2 Å². The highest BCUT2D eigenvalue weighted by molar-refractivity contribution is 5.96. The van der Waals surface area contributed by atoms with Crippen LogP contribution in [0, 0.1) is 5.82 Å². The first kappa shape index (κ1) is 17.0. The lowest BCUT2D eigenvalue weighted by molar-refractivity contribution is -0.130. The van der Waals surface area contributed by atoms with E-state index < -0.39 is 11.7 Å². The smallest absolute Gasteiger partial charge is 0.251 e. The third-order valence-corrected chi connectivity index (χ3v) is 4.24. The third kappa shape index (κ3) is 4.35. The highest BCUT2D eigenvalue weighted by Gasteiger charge is 2.21. The van der Waals surface area contributed by atoms with Crippen LogP contribution in [0.2, 0.25) is 0 Å². The Labute approximate surface area is 146 Å². The van der Waals surface area contributed by atoms with E-state index in [-0.39, 0.29) is 18.0 Å². The molecule has 0 unspecified atom stereocenters. The van der Waals surface area contributed by atoms with Crippen molar-refractivity contribution in [3.63, 3.8) is 0 Å². The second kappa shape index (κ2) is 7.79. The maximum Gasteiger partial charge on any atom is 0.251 e. The molecule has 0 aliphatic carbocycles. The Kier molecular flexibility index (Phi) is 5.28. The van der Waals surface area contributed by atoms with Crippen molar-refractivity contribution in [3.8, 4) is 0 Å². The molecule has 2 amide bonds. The molecule has 3 rings (SSSR count). The van der Waals surface area contributed by atoms with Crippen LogP contribution in [0.15, 0.2) is 54.6 Å². The molecule has 0 saturated carbocycles. The van der Waals surface area contributed by atoms with Gasteiger partial charge in [0.25, 0.3) is 5.91 Å². The first-order chi connectivity index (χ1) is 12.1. The summed E-state index contributed by atoms with van der Waals surface area (Å²) in [5.74, 6) is -1.05. The second-order valence-electron chi connectivity index (χ2n) is 5.90. The van der Waals surface area contributed by atoms with Gasteiger partial charge >= 0.3 is 0 Å². The van der Waals surface area contributed by atoms with Crippen molar-refractivity contribution in [3.05, 3.63) is 66.0 Å². The first-order valence-corrected chi connectivity index (χ1v) is 8.25. The van der Waals surface area contributed by atoms with Gasteiger partial charge < -0.3 is 15.1 Å². The molecule has 1 saturated heterocycles. The summed E-state index contributed by atoms with van der Waals surface area (Å²) in [4.78, 5) is 28.2. The Hall–Kier alpha value is -2.89. The molecule has 130 valence electrons. The molecule has 2 aromatic rings. The number of para-hydroxylation sites is 1. The average molecular weight is 341 g/mol. The lowest BCUT2D eigenvalue weighted by Crippen LogP contribution is -2.51. The number of carbonyl (C=O) groups excluding carboxylic acids is 2. The second-order valence-corrected chi connectivity index (χ2v) is 5.90. The average Bonchev–Trinajstić information content (AvgIpc) is 2.66. The number of nitrogens with zero attached hydrogens (tertiary/aromatic N) is 2. The number of halogens is 1. The number of benzene rings is 2. The Morgan fingerprint density at radius 2 is 1.68 bits per heavy atom. The van der Waals surface area contributed by atoms with Crippen LogP contribution in [-0.4, -0.2) is 49.4 Å². The van der Waals surface area contributed by atoms with E-state index in [9.17, 15) is 14.0 Å². The number of hydrogen-bond acceptors (Lipinski definition) is 3. The van der Waals surface area contributed by atoms with Gasteiger partial charge in [0.1, 0.15) is 5.82 Å². The lowest BCUT2D eigenvalue weighted by Gasteiger charge is -2.36. The first-order valence-electron chi connectivity index (χ1n) is 8.25. The van der Waals surface area contributed by atoms with Crippen molar-refractivity contribution in [2.45, 2.75) is 0 Å². The van der Waals surface area contributed by atoms with Crippen molar-refractivity contribution in [2.75, 3.05) is 37.6 Å². The van der Waals surface area contributed by atoms with Gasteiger partial charge in [-0.25, -0.2) is 4.39 Å². The molecule has 2 aromatic carbocycles. The Bertz CT molecular complexity index is 743. The minimum atomic E-state index is -0.476. The molecule has 0 bridgehead atoms. The van der Waals surface area contributed by atoms with Gasteiger partial charge in [-0.05, 0) is 30.3 Å². The number of anilines is 1. The lowest BCUT2D eigenvalue weighted by atomic mass is 10.2. The fraction of sp³-hybridized carbons (Fsp3) is 0.263. The molecule has 6 heteroatoms. The summed E-state index contributed by atoms with van der Waals surface area (Å²) in [5, 5.41) is 2.56. The van der Waals surface area contributed by atoms with E-state index >= 15 is 0 Å². The summed E-state index contributed by atoms with van der Waals surface area (Å²) >= 11 is 0. The van der Waals surface area contributed by atoms with E-state index in [0.717, 1.165) is 24.8 Å². The normalized spacial score (nSPS) is 14.3. The molecule has 1 N–H and O–H groups in total. The summed E-state index contributed by atoms with van der Waals surface area (Å²) in [6.07, 6.45) is 0. The van der Waals surface area contributed by atoms with Gasteiger partial charge in [0.2, 0.25) is 5.91 Å². The zero-order valence-corrected chi connectivity index (χ0v) is 13.8. The van der Waals surface area contributed by atoms with E-state index in [0.29, 0.717) is 13.1 Å². The van der Waals surface area contributed by atoms with Crippen molar-refractivity contribution in [2.24, 2.45) is 0 Å². The Morgan fingerprint density at radius 1 is 0.960 bits per heavy atom. The van der Waals surface area contributed by atoms with Crippen LogP contribution in [-0.2, 0) is 4.79 Å². The maximum absolute atomic E-state index is 13.1. The van der Waals surface area contributed by atoms with Crippen LogP contribution in [0.5, 0.6) is 0 Å². The van der Waals surface area contributed by atoms with Crippen LogP contribution >= 0.6 is 0 Å². The molecule has 0 radical (unpaired) electrons. The number of rotatable bonds is 4. The van der Waals surface area contributed by atoms with E-state index in [1.807, 2.05) is 18.2 Å². The largest absolute Gasteiger partial charge is 0.368 e. The molecule has 1 aliphatic heterocycles. The van der Waals surface area contributed by atoms with Gasteiger partial charge in [-0.2, -0.15) is 0 Å². The number of amides is 2. The zero-order valence-electron chi connectivity index (χ0n) is 13.8. The molecule has 1 fully saturated rings. The third-order valence-electron chi connectivity index (χ3n) is 4.24. The van der Waals surface area contributed by atoms with Crippen LogP contribution in [0.4, 0.5) is 10.1 Å². The highest BCUT2D eigenvalue weighted by Crippen LogP contribution is 2.15. The number of nitrogens with one attached hydrogen (secondary N) is 1. The fourth-order valence-corrected chi connectivity index (χ4v) is 2.85. The van der Waals surface area contributed by atoms with Gasteiger partial charge in [0, 0.05) is 37.4 Å². The van der Waals surface area contributed by atoms with E-state index in [1.54, 1.807) is 4.90 Å². The Balaban J connectivity index is 1.47. The van der Waals surface area contributed by atoms with Gasteiger partial charge in [-0.1, -0.05) is 24.3 Å². The molecule has 5 nitrogen and oxygen atoms in total. The van der Waals surface area contributed by atoms with E-state index in [4.69, 9.17) is 0 Å². The quantitative estimate of drug-likeness (QED) is 0.924. The van der Waals surface area contributed by atoms with E-state index in [1.165, 1.54) is 18.2 Å². The molecule has 0 aromatic heterocycles. The predicted molar refractivity (Wildman–Crippen MR) is 94.0 cm³/mol. The molecular formula is C19H20FN3O2. The summed E-state index contributed by atoms with van der Waals surface area (Å²) < 4.78 is 13.1. The summed E-state index contributed by atoms with van der Waals surface area (Å²) in [7, 11) is 0. The monoisotopic (exact) mass is 341 g/mol. The van der Waals surface area contributed by atoms with Crippen molar-refractivity contribution >= 4 is 17.5 Å². The van der Waals surface area contributed by atoms with Crippen molar-refractivity contribution < 1.29 is 14.0 Å². The Morgan fingerprint density at radius 3 is 2.36 bits per heavy atom.